The van der Waals surface area contributed by atoms with E-state index in [0.717, 1.165) is 25.2 Å². The molecule has 1 aromatic carbocycles. The van der Waals surface area contributed by atoms with Crippen molar-refractivity contribution in [1.82, 2.24) is 4.90 Å². The van der Waals surface area contributed by atoms with Gasteiger partial charge in [-0.25, -0.2) is 0 Å². The van der Waals surface area contributed by atoms with E-state index in [1.165, 1.54) is 6.42 Å². The van der Waals surface area contributed by atoms with Crippen LogP contribution in [0.25, 0.3) is 0 Å². The highest BCUT2D eigenvalue weighted by atomic mass is 16.6. The van der Waals surface area contributed by atoms with Gasteiger partial charge in [0.1, 0.15) is 5.69 Å². The highest BCUT2D eigenvalue weighted by Gasteiger charge is 2.22. The SMILES string of the molecule is CC1CC(C)CN(Cc2ccc(NN)c([N+](=O)[O-])c2)C1. The van der Waals surface area contributed by atoms with E-state index in [4.69, 9.17) is 5.84 Å². The summed E-state index contributed by atoms with van der Waals surface area (Å²) in [6.45, 7) is 7.36. The molecule has 1 aliphatic heterocycles. The first-order valence-corrected chi connectivity index (χ1v) is 6.96. The van der Waals surface area contributed by atoms with Gasteiger partial charge in [0.2, 0.25) is 0 Å². The van der Waals surface area contributed by atoms with Crippen LogP contribution in [0.1, 0.15) is 25.8 Å². The fourth-order valence-corrected chi connectivity index (χ4v) is 3.13. The molecule has 20 heavy (non-hydrogen) atoms. The summed E-state index contributed by atoms with van der Waals surface area (Å²) in [7, 11) is 0. The highest BCUT2D eigenvalue weighted by molar-refractivity contribution is 5.61. The molecule has 3 N–H and O–H groups in total. The van der Waals surface area contributed by atoms with Crippen LogP contribution in [0.5, 0.6) is 0 Å². The van der Waals surface area contributed by atoms with Gasteiger partial charge in [-0.2, -0.15) is 0 Å². The molecule has 2 rings (SSSR count). The van der Waals surface area contributed by atoms with Crippen LogP contribution < -0.4 is 11.3 Å². The number of nitrogens with two attached hydrogens (primary N) is 1. The lowest BCUT2D eigenvalue weighted by Crippen LogP contribution is -2.38. The number of nitrogen functional groups attached to an aromatic ring is 1. The van der Waals surface area contributed by atoms with Crippen LogP contribution in [0.4, 0.5) is 11.4 Å². The third-order valence-electron chi connectivity index (χ3n) is 3.77. The van der Waals surface area contributed by atoms with Gasteiger partial charge in [-0.05, 0) is 29.9 Å². The van der Waals surface area contributed by atoms with Crippen molar-refractivity contribution in [2.24, 2.45) is 17.7 Å². The minimum Gasteiger partial charge on any atom is -0.318 e. The van der Waals surface area contributed by atoms with Gasteiger partial charge in [-0.15, -0.1) is 0 Å². The summed E-state index contributed by atoms with van der Waals surface area (Å²) in [6.07, 6.45) is 1.26. The van der Waals surface area contributed by atoms with E-state index in [1.807, 2.05) is 6.07 Å². The van der Waals surface area contributed by atoms with Crippen LogP contribution in [0.2, 0.25) is 0 Å². The molecule has 110 valence electrons. The maximum atomic E-state index is 11.0. The van der Waals surface area contributed by atoms with Crippen LogP contribution >= 0.6 is 0 Å². The van der Waals surface area contributed by atoms with Gasteiger partial charge in [-0.3, -0.25) is 20.9 Å². The molecule has 1 fully saturated rings. The largest absolute Gasteiger partial charge is 0.318 e. The molecular weight excluding hydrogens is 256 g/mol. The molecule has 6 heteroatoms. The minimum atomic E-state index is -0.403. The number of piperidine rings is 1. The average molecular weight is 278 g/mol. The number of nitrogens with zero attached hydrogens (tertiary/aromatic N) is 2. The van der Waals surface area contributed by atoms with Crippen molar-refractivity contribution in [1.29, 1.82) is 0 Å². The Labute approximate surface area is 119 Å². The molecule has 1 heterocycles. The van der Waals surface area contributed by atoms with Crippen molar-refractivity contribution < 1.29 is 4.92 Å². The topological polar surface area (TPSA) is 84.4 Å². The van der Waals surface area contributed by atoms with Gasteiger partial charge in [0.05, 0.1) is 4.92 Å². The van der Waals surface area contributed by atoms with E-state index in [1.54, 1.807) is 12.1 Å². The third kappa shape index (κ3) is 3.46. The molecule has 2 unspecified atom stereocenters. The van der Waals surface area contributed by atoms with E-state index in [9.17, 15) is 10.1 Å². The number of anilines is 1. The number of nitrogens with one attached hydrogen (secondary N) is 1. The van der Waals surface area contributed by atoms with Gasteiger partial charge in [0, 0.05) is 25.7 Å². The first kappa shape index (κ1) is 14.7. The summed E-state index contributed by atoms with van der Waals surface area (Å²) in [6, 6.07) is 5.18. The van der Waals surface area contributed by atoms with Gasteiger partial charge in [0.15, 0.2) is 0 Å². The van der Waals surface area contributed by atoms with E-state index >= 15 is 0 Å². The molecule has 6 nitrogen and oxygen atoms in total. The molecule has 1 aromatic rings. The molecule has 1 saturated heterocycles. The van der Waals surface area contributed by atoms with Gasteiger partial charge in [-0.1, -0.05) is 19.9 Å². The second kappa shape index (κ2) is 6.19. The number of likely N-dealkylation sites (tertiary alicyclic amines) is 1. The van der Waals surface area contributed by atoms with Crippen molar-refractivity contribution >= 4 is 11.4 Å². The number of hydrogen-bond acceptors (Lipinski definition) is 5. The fraction of sp³-hybridized carbons (Fsp3) is 0.571. The van der Waals surface area contributed by atoms with Gasteiger partial charge in [0.25, 0.3) is 5.69 Å². The Morgan fingerprint density at radius 3 is 2.60 bits per heavy atom. The Hall–Kier alpha value is -1.66. The summed E-state index contributed by atoms with van der Waals surface area (Å²) in [4.78, 5) is 13.0. The minimum absolute atomic E-state index is 0.0307. The second-order valence-corrected chi connectivity index (χ2v) is 5.89. The molecule has 0 amide bonds. The van der Waals surface area contributed by atoms with Crippen LogP contribution in [-0.4, -0.2) is 22.9 Å². The molecule has 0 radical (unpaired) electrons. The van der Waals surface area contributed by atoms with Crippen LogP contribution in [0.15, 0.2) is 18.2 Å². The molecule has 0 bridgehead atoms. The Morgan fingerprint density at radius 1 is 1.40 bits per heavy atom. The first-order valence-electron chi connectivity index (χ1n) is 6.96. The summed E-state index contributed by atoms with van der Waals surface area (Å²) in [5.41, 5.74) is 3.70. The first-order chi connectivity index (χ1) is 9.49. The third-order valence-corrected chi connectivity index (χ3v) is 3.77. The van der Waals surface area contributed by atoms with Crippen molar-refractivity contribution in [3.8, 4) is 0 Å². The zero-order valence-corrected chi connectivity index (χ0v) is 12.0. The van der Waals surface area contributed by atoms with E-state index in [2.05, 4.69) is 24.2 Å². The normalized spacial score (nSPS) is 23.6. The van der Waals surface area contributed by atoms with E-state index in [-0.39, 0.29) is 5.69 Å². The lowest BCUT2D eigenvalue weighted by atomic mass is 9.91. The van der Waals surface area contributed by atoms with Crippen LogP contribution in [-0.2, 0) is 6.54 Å². The van der Waals surface area contributed by atoms with Gasteiger partial charge >= 0.3 is 0 Å². The quantitative estimate of drug-likeness (QED) is 0.502. The summed E-state index contributed by atoms with van der Waals surface area (Å²) < 4.78 is 0. The zero-order valence-electron chi connectivity index (χ0n) is 12.0. The number of nitro groups is 1. The second-order valence-electron chi connectivity index (χ2n) is 5.89. The van der Waals surface area contributed by atoms with Crippen molar-refractivity contribution in [2.75, 3.05) is 18.5 Å². The predicted octanol–water partition coefficient (Wildman–Crippen LogP) is 2.36. The van der Waals surface area contributed by atoms with Gasteiger partial charge < -0.3 is 5.43 Å². The maximum Gasteiger partial charge on any atom is 0.293 e. The zero-order chi connectivity index (χ0) is 14.7. The fourth-order valence-electron chi connectivity index (χ4n) is 3.13. The monoisotopic (exact) mass is 278 g/mol. The number of benzene rings is 1. The summed E-state index contributed by atoms with van der Waals surface area (Å²) in [5.74, 6) is 6.65. The van der Waals surface area contributed by atoms with E-state index in [0.29, 0.717) is 17.5 Å². The Morgan fingerprint density at radius 2 is 2.05 bits per heavy atom. The molecular formula is C14H22N4O2. The highest BCUT2D eigenvalue weighted by Crippen LogP contribution is 2.27. The Bertz CT molecular complexity index is 482. The molecule has 0 saturated carbocycles. The van der Waals surface area contributed by atoms with E-state index < -0.39 is 4.92 Å². The van der Waals surface area contributed by atoms with Crippen molar-refractivity contribution in [2.45, 2.75) is 26.8 Å². The molecule has 1 aliphatic rings. The number of hydrazine groups is 1. The molecule has 0 aromatic heterocycles. The maximum absolute atomic E-state index is 11.0. The van der Waals surface area contributed by atoms with Crippen LogP contribution in [0.3, 0.4) is 0 Å². The number of rotatable bonds is 4. The Kier molecular flexibility index (Phi) is 4.57. The lowest BCUT2D eigenvalue weighted by molar-refractivity contribution is -0.384. The number of hydrogen-bond donors (Lipinski definition) is 2. The van der Waals surface area contributed by atoms with Crippen LogP contribution in [0, 0.1) is 22.0 Å². The number of nitro benzene ring substituents is 1. The van der Waals surface area contributed by atoms with Crippen molar-refractivity contribution in [3.63, 3.8) is 0 Å². The molecule has 2 atom stereocenters. The average Bonchev–Trinajstić information content (AvgIpc) is 2.37. The summed E-state index contributed by atoms with van der Waals surface area (Å²) in [5, 5.41) is 11.0. The molecule has 0 aliphatic carbocycles. The van der Waals surface area contributed by atoms with Crippen molar-refractivity contribution in [3.05, 3.63) is 33.9 Å². The molecule has 0 spiro atoms. The smallest absolute Gasteiger partial charge is 0.293 e. The standard InChI is InChI=1S/C14H22N4O2/c1-10-5-11(2)8-17(7-10)9-12-3-4-13(16-15)14(6-12)18(19)20/h3-4,6,10-11,16H,5,7-9,15H2,1-2H3. The summed E-state index contributed by atoms with van der Waals surface area (Å²) >= 11 is 0. The lowest BCUT2D eigenvalue weighted by Gasteiger charge is -2.34. The predicted molar refractivity (Wildman–Crippen MR) is 79.1 cm³/mol. The Balaban J connectivity index is 2.13.